The Morgan fingerprint density at radius 1 is 1.04 bits per heavy atom. The van der Waals surface area contributed by atoms with Crippen LogP contribution in [-0.4, -0.2) is 31.2 Å². The predicted octanol–water partition coefficient (Wildman–Crippen LogP) is 2.81. The Morgan fingerprint density at radius 2 is 1.72 bits per heavy atom. The molecule has 1 aromatic carbocycles. The summed E-state index contributed by atoms with van der Waals surface area (Å²) >= 11 is 0. The summed E-state index contributed by atoms with van der Waals surface area (Å²) in [4.78, 5) is 17.8. The Balaban J connectivity index is 2.07. The molecule has 1 aliphatic carbocycles. The van der Waals surface area contributed by atoms with E-state index in [1.165, 1.54) is 17.1 Å². The highest BCUT2D eigenvalue weighted by Gasteiger charge is 2.20. The fourth-order valence-electron chi connectivity index (χ4n) is 3.20. The van der Waals surface area contributed by atoms with Crippen molar-refractivity contribution in [2.45, 2.75) is 43.0 Å². The number of carbonyl (C=O) groups is 1. The highest BCUT2D eigenvalue weighted by molar-refractivity contribution is 7.90. The van der Waals surface area contributed by atoms with Crippen LogP contribution in [0, 0.1) is 0 Å². The standard InChI is InChI=1S/C19H22N2O3S/c1-25(23,24)17-12-6-5-11-16(17)19(22)21-14-8-7-13-18(21)20-15-9-3-2-4-10-15/h5-8,11-15H,2-4,9-10H2,1H3. The molecule has 0 spiro atoms. The van der Waals surface area contributed by atoms with E-state index >= 15 is 0 Å². The number of benzene rings is 1. The van der Waals surface area contributed by atoms with Crippen LogP contribution in [0.2, 0.25) is 0 Å². The average Bonchev–Trinajstić information content (AvgIpc) is 2.62. The smallest absolute Gasteiger partial charge is 0.264 e. The molecule has 0 amide bonds. The first-order valence-corrected chi connectivity index (χ1v) is 10.4. The zero-order valence-electron chi connectivity index (χ0n) is 14.3. The molecule has 6 heteroatoms. The third-order valence-corrected chi connectivity index (χ3v) is 5.62. The SMILES string of the molecule is CS(=O)(=O)c1ccccc1C(=O)n1ccccc1=NC1CCCCC1. The van der Waals surface area contributed by atoms with E-state index in [0.717, 1.165) is 31.9 Å². The van der Waals surface area contributed by atoms with Gasteiger partial charge in [-0.3, -0.25) is 14.4 Å². The van der Waals surface area contributed by atoms with Gasteiger partial charge in [-0.1, -0.05) is 37.5 Å². The summed E-state index contributed by atoms with van der Waals surface area (Å²) in [5.74, 6) is -0.379. The van der Waals surface area contributed by atoms with E-state index in [1.807, 2.05) is 6.07 Å². The van der Waals surface area contributed by atoms with Gasteiger partial charge in [0.05, 0.1) is 16.5 Å². The van der Waals surface area contributed by atoms with Gasteiger partial charge in [0.25, 0.3) is 5.91 Å². The number of sulfone groups is 1. The van der Waals surface area contributed by atoms with Gasteiger partial charge >= 0.3 is 0 Å². The van der Waals surface area contributed by atoms with Crippen molar-refractivity contribution >= 4 is 15.7 Å². The maximum Gasteiger partial charge on any atom is 0.264 e. The fraction of sp³-hybridized carbons (Fsp3) is 0.368. The lowest BCUT2D eigenvalue weighted by atomic mass is 9.96. The van der Waals surface area contributed by atoms with Crippen molar-refractivity contribution in [1.82, 2.24) is 4.57 Å². The highest BCUT2D eigenvalue weighted by atomic mass is 32.2. The molecule has 1 aliphatic rings. The van der Waals surface area contributed by atoms with Crippen LogP contribution in [-0.2, 0) is 9.84 Å². The number of aromatic nitrogens is 1. The molecule has 3 rings (SSSR count). The van der Waals surface area contributed by atoms with Crippen molar-refractivity contribution in [1.29, 1.82) is 0 Å². The zero-order chi connectivity index (χ0) is 17.9. The number of nitrogens with zero attached hydrogens (tertiary/aromatic N) is 2. The molecule has 25 heavy (non-hydrogen) atoms. The molecule has 1 heterocycles. The number of hydrogen-bond acceptors (Lipinski definition) is 4. The monoisotopic (exact) mass is 358 g/mol. The number of carbonyl (C=O) groups excluding carboxylic acids is 1. The number of hydrogen-bond donors (Lipinski definition) is 0. The van der Waals surface area contributed by atoms with Gasteiger partial charge in [-0.15, -0.1) is 0 Å². The van der Waals surface area contributed by atoms with Crippen LogP contribution in [0.4, 0.5) is 0 Å². The summed E-state index contributed by atoms with van der Waals surface area (Å²) in [6.07, 6.45) is 8.37. The topological polar surface area (TPSA) is 68.5 Å². The second-order valence-electron chi connectivity index (χ2n) is 6.42. The average molecular weight is 358 g/mol. The van der Waals surface area contributed by atoms with Crippen molar-refractivity contribution in [2.24, 2.45) is 4.99 Å². The van der Waals surface area contributed by atoms with Gasteiger partial charge in [0.1, 0.15) is 5.49 Å². The molecule has 0 N–H and O–H groups in total. The van der Waals surface area contributed by atoms with Gasteiger partial charge in [-0.25, -0.2) is 8.42 Å². The van der Waals surface area contributed by atoms with Gasteiger partial charge in [-0.2, -0.15) is 0 Å². The van der Waals surface area contributed by atoms with Gasteiger partial charge in [-0.05, 0) is 37.1 Å². The van der Waals surface area contributed by atoms with Gasteiger partial charge in [0.15, 0.2) is 9.84 Å². The Hall–Kier alpha value is -2.21. The summed E-state index contributed by atoms with van der Waals surface area (Å²) in [6, 6.07) is 11.9. The van der Waals surface area contributed by atoms with Crippen LogP contribution in [0.5, 0.6) is 0 Å². The van der Waals surface area contributed by atoms with Crippen molar-refractivity contribution in [3.05, 3.63) is 59.7 Å². The van der Waals surface area contributed by atoms with Crippen LogP contribution in [0.1, 0.15) is 42.5 Å². The molecule has 1 saturated carbocycles. The number of rotatable bonds is 3. The molecule has 132 valence electrons. The first kappa shape index (κ1) is 17.6. The Labute approximate surface area is 148 Å². The van der Waals surface area contributed by atoms with Crippen LogP contribution in [0.15, 0.2) is 58.5 Å². The van der Waals surface area contributed by atoms with Crippen molar-refractivity contribution < 1.29 is 13.2 Å². The summed E-state index contributed by atoms with van der Waals surface area (Å²) < 4.78 is 25.5. The first-order valence-electron chi connectivity index (χ1n) is 8.52. The molecular formula is C19H22N2O3S. The Morgan fingerprint density at radius 3 is 2.44 bits per heavy atom. The van der Waals surface area contributed by atoms with Crippen LogP contribution < -0.4 is 5.49 Å². The van der Waals surface area contributed by atoms with E-state index in [9.17, 15) is 13.2 Å². The lowest BCUT2D eigenvalue weighted by molar-refractivity contribution is 0.0951. The van der Waals surface area contributed by atoms with E-state index in [-0.39, 0.29) is 22.4 Å². The molecule has 0 aliphatic heterocycles. The zero-order valence-corrected chi connectivity index (χ0v) is 15.1. The van der Waals surface area contributed by atoms with Gasteiger partial charge in [0.2, 0.25) is 0 Å². The maximum atomic E-state index is 13.0. The van der Waals surface area contributed by atoms with Crippen molar-refractivity contribution in [3.8, 4) is 0 Å². The molecule has 2 aromatic rings. The molecule has 0 atom stereocenters. The number of pyridine rings is 1. The third-order valence-electron chi connectivity index (χ3n) is 4.46. The van der Waals surface area contributed by atoms with E-state index in [4.69, 9.17) is 4.99 Å². The Kier molecular flexibility index (Phi) is 5.18. The lowest BCUT2D eigenvalue weighted by Gasteiger charge is -2.18. The van der Waals surface area contributed by atoms with Crippen molar-refractivity contribution in [3.63, 3.8) is 0 Å². The van der Waals surface area contributed by atoms with Crippen LogP contribution in [0.25, 0.3) is 0 Å². The fourth-order valence-corrected chi connectivity index (χ4v) is 4.09. The maximum absolute atomic E-state index is 13.0. The van der Waals surface area contributed by atoms with Crippen LogP contribution >= 0.6 is 0 Å². The van der Waals surface area contributed by atoms with E-state index in [0.29, 0.717) is 5.49 Å². The van der Waals surface area contributed by atoms with E-state index in [2.05, 4.69) is 0 Å². The van der Waals surface area contributed by atoms with Gasteiger partial charge in [0, 0.05) is 12.5 Å². The lowest BCUT2D eigenvalue weighted by Crippen LogP contribution is -2.30. The predicted molar refractivity (Wildman–Crippen MR) is 96.1 cm³/mol. The molecule has 1 fully saturated rings. The minimum absolute atomic E-state index is 0.0416. The molecule has 0 bridgehead atoms. The molecule has 5 nitrogen and oxygen atoms in total. The minimum atomic E-state index is -3.49. The second kappa shape index (κ2) is 7.35. The first-order chi connectivity index (χ1) is 12.0. The van der Waals surface area contributed by atoms with Crippen LogP contribution in [0.3, 0.4) is 0 Å². The summed E-state index contributed by atoms with van der Waals surface area (Å²) in [7, 11) is -3.49. The summed E-state index contributed by atoms with van der Waals surface area (Å²) in [5, 5.41) is 0. The molecule has 0 saturated heterocycles. The largest absolute Gasteiger partial charge is 0.268 e. The minimum Gasteiger partial charge on any atom is -0.268 e. The second-order valence-corrected chi connectivity index (χ2v) is 8.41. The summed E-state index contributed by atoms with van der Waals surface area (Å²) in [5.41, 5.74) is 0.740. The molecular weight excluding hydrogens is 336 g/mol. The van der Waals surface area contributed by atoms with E-state index < -0.39 is 9.84 Å². The van der Waals surface area contributed by atoms with Gasteiger partial charge < -0.3 is 0 Å². The molecule has 0 unspecified atom stereocenters. The van der Waals surface area contributed by atoms with E-state index in [1.54, 1.807) is 36.5 Å². The molecule has 0 radical (unpaired) electrons. The highest BCUT2D eigenvalue weighted by Crippen LogP contribution is 2.20. The van der Waals surface area contributed by atoms with Crippen molar-refractivity contribution in [2.75, 3.05) is 6.26 Å². The summed E-state index contributed by atoms with van der Waals surface area (Å²) in [6.45, 7) is 0. The molecule has 1 aromatic heterocycles. The normalized spacial score (nSPS) is 16.8. The third kappa shape index (κ3) is 4.07. The quantitative estimate of drug-likeness (QED) is 0.847. The Bertz CT molecular complexity index is 939.